The Morgan fingerprint density at radius 2 is 1.35 bits per heavy atom. The lowest BCUT2D eigenvalue weighted by Crippen LogP contribution is -2.61. The summed E-state index contributed by atoms with van der Waals surface area (Å²) in [6.45, 7) is 10.3. The average Bonchev–Trinajstić information content (AvgIpc) is 2.97. The highest BCUT2D eigenvalue weighted by atomic mass is 16.6. The number of hydrogen-bond acceptors (Lipinski definition) is 8. The molecular formula is C34H41NO8. The lowest BCUT2D eigenvalue weighted by molar-refractivity contribution is -0.188. The summed E-state index contributed by atoms with van der Waals surface area (Å²) in [7, 11) is 0. The highest BCUT2D eigenvalue weighted by molar-refractivity contribution is 5.88. The first kappa shape index (κ1) is 33.0. The van der Waals surface area contributed by atoms with Crippen molar-refractivity contribution in [3.05, 3.63) is 95.6 Å². The Bertz CT molecular complexity index is 1350. The second kappa shape index (κ2) is 15.1. The molecule has 2 atom stereocenters. The summed E-state index contributed by atoms with van der Waals surface area (Å²) in [4.78, 5) is 38.9. The smallest absolute Gasteiger partial charge is 0.411 e. The predicted octanol–water partition coefficient (Wildman–Crippen LogP) is 6.69. The summed E-state index contributed by atoms with van der Waals surface area (Å²) in [6.07, 6.45) is -0.425. The van der Waals surface area contributed by atoms with Gasteiger partial charge in [0.05, 0.1) is 12.5 Å². The molecule has 1 N–H and O–H groups in total. The molecule has 3 aromatic rings. The first-order chi connectivity index (χ1) is 20.4. The van der Waals surface area contributed by atoms with Crippen molar-refractivity contribution in [2.75, 3.05) is 6.61 Å². The summed E-state index contributed by atoms with van der Waals surface area (Å²) < 4.78 is 28.8. The predicted molar refractivity (Wildman–Crippen MR) is 162 cm³/mol. The van der Waals surface area contributed by atoms with Gasteiger partial charge >= 0.3 is 18.0 Å². The van der Waals surface area contributed by atoms with Gasteiger partial charge in [-0.1, -0.05) is 80.6 Å². The first-order valence-corrected chi connectivity index (χ1v) is 14.3. The second-order valence-electron chi connectivity index (χ2n) is 11.1. The number of carbonyl (C=O) groups excluding carboxylic acids is 3. The van der Waals surface area contributed by atoms with Crippen LogP contribution < -0.4 is 14.8 Å². The van der Waals surface area contributed by atoms with Crippen molar-refractivity contribution in [1.82, 2.24) is 5.32 Å². The van der Waals surface area contributed by atoms with Crippen LogP contribution in [0.15, 0.2) is 78.9 Å². The topological polar surface area (TPSA) is 109 Å². The molecule has 0 aliphatic rings. The monoisotopic (exact) mass is 591 g/mol. The van der Waals surface area contributed by atoms with Gasteiger partial charge in [0.1, 0.15) is 18.8 Å². The fourth-order valence-corrected chi connectivity index (χ4v) is 4.21. The van der Waals surface area contributed by atoms with Crippen molar-refractivity contribution in [1.29, 1.82) is 0 Å². The Labute approximate surface area is 253 Å². The van der Waals surface area contributed by atoms with Crippen molar-refractivity contribution in [2.45, 2.75) is 78.4 Å². The zero-order valence-corrected chi connectivity index (χ0v) is 25.7. The van der Waals surface area contributed by atoms with Gasteiger partial charge in [0.25, 0.3) is 5.72 Å². The fraction of sp³-hybridized carbons (Fsp3) is 0.382. The third-order valence-corrected chi connectivity index (χ3v) is 6.28. The van der Waals surface area contributed by atoms with E-state index >= 15 is 0 Å². The molecule has 1 unspecified atom stereocenters. The molecule has 0 spiro atoms. The molecule has 1 amide bonds. The highest BCUT2D eigenvalue weighted by Crippen LogP contribution is 2.37. The van der Waals surface area contributed by atoms with E-state index in [-0.39, 0.29) is 13.2 Å². The van der Waals surface area contributed by atoms with Crippen LogP contribution in [0.2, 0.25) is 0 Å². The number of carbonyl (C=O) groups is 3. The second-order valence-corrected chi connectivity index (χ2v) is 11.1. The summed E-state index contributed by atoms with van der Waals surface area (Å²) in [6, 6.07) is 24.5. The lowest BCUT2D eigenvalue weighted by Gasteiger charge is -2.37. The molecule has 0 heterocycles. The van der Waals surface area contributed by atoms with Crippen molar-refractivity contribution in [3.8, 4) is 11.5 Å². The van der Waals surface area contributed by atoms with Crippen LogP contribution in [0.4, 0.5) is 4.79 Å². The average molecular weight is 592 g/mol. The molecule has 43 heavy (non-hydrogen) atoms. The third-order valence-electron chi connectivity index (χ3n) is 6.28. The molecule has 0 saturated heterocycles. The molecule has 0 radical (unpaired) electrons. The summed E-state index contributed by atoms with van der Waals surface area (Å²) in [5.74, 6) is -1.78. The zero-order chi connectivity index (χ0) is 31.5. The van der Waals surface area contributed by atoms with Gasteiger partial charge in [0.15, 0.2) is 11.5 Å². The molecule has 0 aromatic heterocycles. The standard InChI is InChI=1S/C34H41NO8/c1-7-20-39-31(37)34(42-25(3)36,35-32(38)43-33(4,5)6)24(2)28-18-19-29(40-22-26-14-10-8-11-15-26)30(21-28)41-23-27-16-12-9-13-17-27/h8-19,21,24H,7,20,22-23H2,1-6H3,(H,35,38)/t24?,34-/m1/s1. The Kier molecular flexibility index (Phi) is 11.6. The van der Waals surface area contributed by atoms with E-state index in [1.54, 1.807) is 45.9 Å². The van der Waals surface area contributed by atoms with Gasteiger partial charge in [0.2, 0.25) is 0 Å². The van der Waals surface area contributed by atoms with Crippen LogP contribution in [0.3, 0.4) is 0 Å². The van der Waals surface area contributed by atoms with Crippen molar-refractivity contribution >= 4 is 18.0 Å². The van der Waals surface area contributed by atoms with E-state index in [4.69, 9.17) is 23.7 Å². The molecule has 0 fully saturated rings. The minimum absolute atomic E-state index is 0.0578. The Balaban J connectivity index is 2.04. The number of benzene rings is 3. The minimum atomic E-state index is -2.23. The molecule has 3 rings (SSSR count). The number of nitrogens with one attached hydrogen (secondary N) is 1. The van der Waals surface area contributed by atoms with Gasteiger partial charge in [-0.05, 0) is 56.0 Å². The van der Waals surface area contributed by atoms with Gasteiger partial charge in [-0.3, -0.25) is 10.1 Å². The Morgan fingerprint density at radius 3 is 1.86 bits per heavy atom. The number of alkyl carbamates (subject to hydrolysis) is 1. The summed E-state index contributed by atoms with van der Waals surface area (Å²) >= 11 is 0. The highest BCUT2D eigenvalue weighted by Gasteiger charge is 2.52. The van der Waals surface area contributed by atoms with E-state index in [2.05, 4.69) is 5.32 Å². The van der Waals surface area contributed by atoms with Gasteiger partial charge in [-0.2, -0.15) is 0 Å². The van der Waals surface area contributed by atoms with Crippen LogP contribution in [0.25, 0.3) is 0 Å². The largest absolute Gasteiger partial charge is 0.485 e. The van der Waals surface area contributed by atoms with Gasteiger partial charge in [-0.25, -0.2) is 9.59 Å². The number of esters is 2. The minimum Gasteiger partial charge on any atom is -0.485 e. The lowest BCUT2D eigenvalue weighted by atomic mass is 9.89. The molecule has 230 valence electrons. The van der Waals surface area contributed by atoms with Crippen LogP contribution in [0.1, 0.15) is 70.6 Å². The van der Waals surface area contributed by atoms with Crippen molar-refractivity contribution in [3.63, 3.8) is 0 Å². The van der Waals surface area contributed by atoms with Gasteiger partial charge < -0.3 is 23.7 Å². The first-order valence-electron chi connectivity index (χ1n) is 14.3. The van der Waals surface area contributed by atoms with Crippen LogP contribution in [0, 0.1) is 0 Å². The van der Waals surface area contributed by atoms with Gasteiger partial charge in [0, 0.05) is 6.92 Å². The molecule has 0 saturated carbocycles. The van der Waals surface area contributed by atoms with E-state index in [9.17, 15) is 14.4 Å². The normalized spacial score (nSPS) is 13.2. The quantitative estimate of drug-likeness (QED) is 0.133. The van der Waals surface area contributed by atoms with E-state index < -0.39 is 35.3 Å². The van der Waals surface area contributed by atoms with E-state index in [0.717, 1.165) is 18.1 Å². The molecule has 9 nitrogen and oxygen atoms in total. The molecular weight excluding hydrogens is 550 g/mol. The molecule has 3 aromatic carbocycles. The number of ether oxygens (including phenoxy) is 5. The SMILES string of the molecule is CCCOC(=O)[C@](NC(=O)OC(C)(C)C)(OC(C)=O)C(C)c1ccc(OCc2ccccc2)c(OCc2ccccc2)c1. The third kappa shape index (κ3) is 9.77. The number of rotatable bonds is 13. The van der Waals surface area contributed by atoms with E-state index in [0.29, 0.717) is 30.1 Å². The van der Waals surface area contributed by atoms with Crippen LogP contribution in [0.5, 0.6) is 11.5 Å². The van der Waals surface area contributed by atoms with E-state index in [1.165, 1.54) is 0 Å². The van der Waals surface area contributed by atoms with Crippen molar-refractivity contribution < 1.29 is 38.1 Å². The fourth-order valence-electron chi connectivity index (χ4n) is 4.21. The Morgan fingerprint density at radius 1 is 0.791 bits per heavy atom. The molecule has 9 heteroatoms. The maximum atomic E-state index is 13.6. The van der Waals surface area contributed by atoms with Crippen LogP contribution in [-0.2, 0) is 37.0 Å². The maximum absolute atomic E-state index is 13.6. The van der Waals surface area contributed by atoms with Crippen LogP contribution >= 0.6 is 0 Å². The molecule has 0 aliphatic carbocycles. The molecule has 0 aliphatic heterocycles. The Hall–Kier alpha value is -4.53. The van der Waals surface area contributed by atoms with Crippen molar-refractivity contribution in [2.24, 2.45) is 0 Å². The summed E-state index contributed by atoms with van der Waals surface area (Å²) in [5.41, 5.74) is -0.673. The van der Waals surface area contributed by atoms with E-state index in [1.807, 2.05) is 67.6 Å². The van der Waals surface area contributed by atoms with Gasteiger partial charge in [-0.15, -0.1) is 0 Å². The van der Waals surface area contributed by atoms with Crippen LogP contribution in [-0.4, -0.2) is 36.0 Å². The maximum Gasteiger partial charge on any atom is 0.411 e. The zero-order valence-electron chi connectivity index (χ0n) is 25.7. The number of hydrogen-bond donors (Lipinski definition) is 1. The number of amides is 1. The molecule has 0 bridgehead atoms. The summed E-state index contributed by atoms with van der Waals surface area (Å²) in [5, 5.41) is 2.51.